The number of piperazine rings is 1. The lowest BCUT2D eigenvalue weighted by molar-refractivity contribution is 0.564. The molecule has 1 aliphatic rings. The van der Waals surface area contributed by atoms with Gasteiger partial charge in [-0.25, -0.2) is 15.0 Å². The summed E-state index contributed by atoms with van der Waals surface area (Å²) in [6.07, 6.45) is 3.35. The van der Waals surface area contributed by atoms with Gasteiger partial charge in [-0.3, -0.25) is 0 Å². The third-order valence-corrected chi connectivity index (χ3v) is 4.22. The molecule has 0 bridgehead atoms. The molecule has 0 spiro atoms. The second-order valence-electron chi connectivity index (χ2n) is 7.00. The minimum atomic E-state index is 0.0150. The van der Waals surface area contributed by atoms with Crippen LogP contribution in [-0.4, -0.2) is 41.1 Å². The number of nitriles is 1. The smallest absolute Gasteiger partial charge is 0.132 e. The molecular weight excluding hydrogens is 300 g/mol. The quantitative estimate of drug-likeness (QED) is 0.845. The van der Waals surface area contributed by atoms with Crippen molar-refractivity contribution in [2.45, 2.75) is 26.2 Å². The van der Waals surface area contributed by atoms with Gasteiger partial charge in [-0.05, 0) is 12.1 Å². The Morgan fingerprint density at radius 2 is 1.58 bits per heavy atom. The van der Waals surface area contributed by atoms with E-state index in [9.17, 15) is 0 Å². The van der Waals surface area contributed by atoms with E-state index in [1.54, 1.807) is 18.6 Å². The normalized spacial score (nSPS) is 15.2. The molecule has 0 aromatic carbocycles. The topological polar surface area (TPSA) is 68.9 Å². The number of rotatable bonds is 2. The van der Waals surface area contributed by atoms with E-state index in [0.29, 0.717) is 5.56 Å². The molecule has 124 valence electrons. The largest absolute Gasteiger partial charge is 0.353 e. The molecule has 1 saturated heterocycles. The molecule has 0 radical (unpaired) electrons. The van der Waals surface area contributed by atoms with E-state index in [1.165, 1.54) is 0 Å². The maximum Gasteiger partial charge on any atom is 0.132 e. The lowest BCUT2D eigenvalue weighted by Gasteiger charge is -2.36. The van der Waals surface area contributed by atoms with E-state index in [2.05, 4.69) is 57.7 Å². The molecule has 6 nitrogen and oxygen atoms in total. The van der Waals surface area contributed by atoms with Gasteiger partial charge in [0.1, 0.15) is 18.0 Å². The molecule has 6 heteroatoms. The van der Waals surface area contributed by atoms with Crippen molar-refractivity contribution in [2.24, 2.45) is 0 Å². The first kappa shape index (κ1) is 16.2. The zero-order valence-electron chi connectivity index (χ0n) is 14.4. The fourth-order valence-corrected chi connectivity index (χ4v) is 2.76. The summed E-state index contributed by atoms with van der Waals surface area (Å²) >= 11 is 0. The second kappa shape index (κ2) is 6.44. The van der Waals surface area contributed by atoms with Gasteiger partial charge in [-0.2, -0.15) is 5.26 Å². The number of hydrogen-bond donors (Lipinski definition) is 0. The molecule has 0 amide bonds. The van der Waals surface area contributed by atoms with Gasteiger partial charge in [0.05, 0.1) is 17.3 Å². The predicted molar refractivity (Wildman–Crippen MR) is 94.1 cm³/mol. The number of pyridine rings is 1. The molecule has 2 aromatic rings. The molecular formula is C18H22N6. The summed E-state index contributed by atoms with van der Waals surface area (Å²) in [7, 11) is 0. The summed E-state index contributed by atoms with van der Waals surface area (Å²) in [6, 6.07) is 7.83. The van der Waals surface area contributed by atoms with Crippen LogP contribution < -0.4 is 9.80 Å². The van der Waals surface area contributed by atoms with Crippen molar-refractivity contribution in [3.63, 3.8) is 0 Å². The number of aromatic nitrogens is 3. The van der Waals surface area contributed by atoms with Gasteiger partial charge in [-0.1, -0.05) is 20.8 Å². The van der Waals surface area contributed by atoms with Crippen LogP contribution in [0.25, 0.3) is 0 Å². The highest BCUT2D eigenvalue weighted by Gasteiger charge is 2.22. The van der Waals surface area contributed by atoms with Crippen LogP contribution in [0.15, 0.2) is 30.7 Å². The third-order valence-electron chi connectivity index (χ3n) is 4.22. The molecule has 0 aliphatic carbocycles. The molecule has 0 N–H and O–H groups in total. The van der Waals surface area contributed by atoms with E-state index >= 15 is 0 Å². The van der Waals surface area contributed by atoms with Gasteiger partial charge in [0.15, 0.2) is 0 Å². The number of nitrogens with zero attached hydrogens (tertiary/aromatic N) is 6. The average Bonchev–Trinajstić information content (AvgIpc) is 2.61. The van der Waals surface area contributed by atoms with Crippen molar-refractivity contribution in [3.8, 4) is 6.07 Å². The van der Waals surface area contributed by atoms with Gasteiger partial charge in [0, 0.05) is 43.9 Å². The molecule has 3 heterocycles. The highest BCUT2D eigenvalue weighted by atomic mass is 15.3. The van der Waals surface area contributed by atoms with Crippen molar-refractivity contribution in [1.29, 1.82) is 5.26 Å². The zero-order valence-corrected chi connectivity index (χ0v) is 14.4. The zero-order chi connectivity index (χ0) is 17.2. The average molecular weight is 322 g/mol. The van der Waals surface area contributed by atoms with Crippen LogP contribution in [0.3, 0.4) is 0 Å². The summed E-state index contributed by atoms with van der Waals surface area (Å²) in [6.45, 7) is 9.94. The third kappa shape index (κ3) is 3.46. The Labute approximate surface area is 142 Å². The Balaban J connectivity index is 1.70. The first-order chi connectivity index (χ1) is 11.5. The molecule has 1 aliphatic heterocycles. The van der Waals surface area contributed by atoms with Crippen LogP contribution in [0.4, 0.5) is 11.6 Å². The van der Waals surface area contributed by atoms with E-state index in [0.717, 1.165) is 43.5 Å². The van der Waals surface area contributed by atoms with Crippen LogP contribution in [0.2, 0.25) is 0 Å². The van der Waals surface area contributed by atoms with Crippen molar-refractivity contribution in [3.05, 3.63) is 42.0 Å². The minimum Gasteiger partial charge on any atom is -0.353 e. The summed E-state index contributed by atoms with van der Waals surface area (Å²) in [5.74, 6) is 1.85. The Bertz CT molecular complexity index is 751. The molecule has 2 aromatic heterocycles. The van der Waals surface area contributed by atoms with Crippen LogP contribution in [0.5, 0.6) is 0 Å². The van der Waals surface area contributed by atoms with Gasteiger partial charge in [-0.15, -0.1) is 0 Å². The first-order valence-electron chi connectivity index (χ1n) is 8.16. The molecule has 0 atom stereocenters. The van der Waals surface area contributed by atoms with E-state index in [1.807, 2.05) is 6.07 Å². The second-order valence-corrected chi connectivity index (χ2v) is 7.00. The summed E-state index contributed by atoms with van der Waals surface area (Å²) in [5, 5.41) is 9.02. The fourth-order valence-electron chi connectivity index (χ4n) is 2.76. The molecule has 3 rings (SSSR count). The van der Waals surface area contributed by atoms with Crippen molar-refractivity contribution >= 4 is 11.6 Å². The first-order valence-corrected chi connectivity index (χ1v) is 8.16. The van der Waals surface area contributed by atoms with Gasteiger partial charge in [0.2, 0.25) is 0 Å². The number of hydrogen-bond acceptors (Lipinski definition) is 6. The van der Waals surface area contributed by atoms with Crippen LogP contribution >= 0.6 is 0 Å². The maximum atomic E-state index is 9.02. The standard InChI is InChI=1S/C18H22N6/c1-18(2,3)15-11-17(22-13-21-15)24-8-6-23(7-9-24)16-10-14(12-19)4-5-20-16/h4-5,10-11,13H,6-9H2,1-3H3. The van der Waals surface area contributed by atoms with Gasteiger partial charge >= 0.3 is 0 Å². The van der Waals surface area contributed by atoms with Gasteiger partial charge in [0.25, 0.3) is 0 Å². The molecule has 1 fully saturated rings. The Morgan fingerprint density at radius 1 is 0.958 bits per heavy atom. The molecule has 24 heavy (non-hydrogen) atoms. The molecule has 0 saturated carbocycles. The Hall–Kier alpha value is -2.68. The lowest BCUT2D eigenvalue weighted by Crippen LogP contribution is -2.47. The van der Waals surface area contributed by atoms with Gasteiger partial charge < -0.3 is 9.80 Å². The minimum absolute atomic E-state index is 0.0150. The fraction of sp³-hybridized carbons (Fsp3) is 0.444. The van der Waals surface area contributed by atoms with Crippen LogP contribution in [-0.2, 0) is 5.41 Å². The van der Waals surface area contributed by atoms with E-state index < -0.39 is 0 Å². The number of anilines is 2. The highest BCUT2D eigenvalue weighted by Crippen LogP contribution is 2.24. The maximum absolute atomic E-state index is 9.02. The summed E-state index contributed by atoms with van der Waals surface area (Å²) in [4.78, 5) is 17.7. The van der Waals surface area contributed by atoms with Crippen molar-refractivity contribution < 1.29 is 0 Å². The SMILES string of the molecule is CC(C)(C)c1cc(N2CCN(c3cc(C#N)ccn3)CC2)ncn1. The molecule has 0 unspecified atom stereocenters. The summed E-state index contributed by atoms with van der Waals surface area (Å²) < 4.78 is 0. The summed E-state index contributed by atoms with van der Waals surface area (Å²) in [5.41, 5.74) is 1.72. The van der Waals surface area contributed by atoms with Crippen LogP contribution in [0, 0.1) is 11.3 Å². The Kier molecular flexibility index (Phi) is 4.34. The van der Waals surface area contributed by atoms with Crippen LogP contribution in [0.1, 0.15) is 32.0 Å². The monoisotopic (exact) mass is 322 g/mol. The highest BCUT2D eigenvalue weighted by molar-refractivity contribution is 5.48. The van der Waals surface area contributed by atoms with E-state index in [-0.39, 0.29) is 5.41 Å². The van der Waals surface area contributed by atoms with E-state index in [4.69, 9.17) is 5.26 Å². The Morgan fingerprint density at radius 3 is 2.17 bits per heavy atom. The van der Waals surface area contributed by atoms with Crippen molar-refractivity contribution in [1.82, 2.24) is 15.0 Å². The predicted octanol–water partition coefficient (Wildman–Crippen LogP) is 2.37. The van der Waals surface area contributed by atoms with Crippen molar-refractivity contribution in [2.75, 3.05) is 36.0 Å². The lowest BCUT2D eigenvalue weighted by atomic mass is 9.92.